The highest BCUT2D eigenvalue weighted by atomic mass is 16.5. The minimum Gasteiger partial charge on any atom is -0.339 e. The Morgan fingerprint density at radius 1 is 1.10 bits per heavy atom. The van der Waals surface area contributed by atoms with Crippen LogP contribution >= 0.6 is 0 Å². The maximum absolute atomic E-state index is 5.29. The van der Waals surface area contributed by atoms with Crippen molar-refractivity contribution >= 4 is 10.8 Å². The minimum absolute atomic E-state index is 0.662. The van der Waals surface area contributed by atoms with Crippen molar-refractivity contribution in [3.05, 3.63) is 48.4 Å². The first-order chi connectivity index (χ1) is 9.86. The number of nitrogens with one attached hydrogen (secondary N) is 1. The van der Waals surface area contributed by atoms with Gasteiger partial charge in [-0.3, -0.25) is 0 Å². The van der Waals surface area contributed by atoms with Gasteiger partial charge >= 0.3 is 0 Å². The molecule has 0 saturated heterocycles. The predicted octanol–water partition coefficient (Wildman–Crippen LogP) is 3.04. The highest BCUT2D eigenvalue weighted by Crippen LogP contribution is 2.22. The standard InChI is InChI=1S/C16H17N3O/c1-17-10-4-7-15-18-16(19-20-15)14-9-8-12-5-2-3-6-13(12)11-14/h2-3,5-6,8-9,11,17H,4,7,10H2,1H3. The number of aromatic nitrogens is 2. The lowest BCUT2D eigenvalue weighted by Gasteiger charge is -1.99. The summed E-state index contributed by atoms with van der Waals surface area (Å²) < 4.78 is 5.29. The fourth-order valence-electron chi connectivity index (χ4n) is 2.22. The molecule has 0 saturated carbocycles. The van der Waals surface area contributed by atoms with Gasteiger partial charge in [0.15, 0.2) is 0 Å². The Morgan fingerprint density at radius 3 is 2.80 bits per heavy atom. The molecule has 0 fully saturated rings. The molecule has 1 N–H and O–H groups in total. The third-order valence-corrected chi connectivity index (χ3v) is 3.29. The second kappa shape index (κ2) is 5.84. The van der Waals surface area contributed by atoms with Gasteiger partial charge in [0.1, 0.15) is 0 Å². The Kier molecular flexibility index (Phi) is 3.74. The highest BCUT2D eigenvalue weighted by Gasteiger charge is 2.08. The van der Waals surface area contributed by atoms with Crippen molar-refractivity contribution in [3.63, 3.8) is 0 Å². The molecule has 0 radical (unpaired) electrons. The van der Waals surface area contributed by atoms with Gasteiger partial charge in [-0.15, -0.1) is 0 Å². The van der Waals surface area contributed by atoms with Gasteiger partial charge < -0.3 is 9.84 Å². The van der Waals surface area contributed by atoms with Crippen LogP contribution in [0.25, 0.3) is 22.2 Å². The average Bonchev–Trinajstić information content (AvgIpc) is 2.96. The molecule has 4 heteroatoms. The third-order valence-electron chi connectivity index (χ3n) is 3.29. The van der Waals surface area contributed by atoms with Gasteiger partial charge in [-0.2, -0.15) is 4.98 Å². The topological polar surface area (TPSA) is 51.0 Å². The first-order valence-electron chi connectivity index (χ1n) is 6.83. The Bertz CT molecular complexity index is 706. The van der Waals surface area contributed by atoms with Crippen molar-refractivity contribution in [2.24, 2.45) is 0 Å². The van der Waals surface area contributed by atoms with Crippen molar-refractivity contribution in [2.45, 2.75) is 12.8 Å². The van der Waals surface area contributed by atoms with E-state index in [1.54, 1.807) is 0 Å². The van der Waals surface area contributed by atoms with E-state index in [9.17, 15) is 0 Å². The fraction of sp³-hybridized carbons (Fsp3) is 0.250. The second-order valence-corrected chi connectivity index (χ2v) is 4.78. The van der Waals surface area contributed by atoms with Gasteiger partial charge in [-0.05, 0) is 36.9 Å². The van der Waals surface area contributed by atoms with Crippen LogP contribution in [0.4, 0.5) is 0 Å². The van der Waals surface area contributed by atoms with Crippen molar-refractivity contribution in [1.82, 2.24) is 15.5 Å². The zero-order valence-electron chi connectivity index (χ0n) is 11.5. The third kappa shape index (κ3) is 2.70. The molecule has 0 atom stereocenters. The summed E-state index contributed by atoms with van der Waals surface area (Å²) in [5, 5.41) is 9.58. The fourth-order valence-corrected chi connectivity index (χ4v) is 2.22. The largest absolute Gasteiger partial charge is 0.339 e. The molecule has 0 aliphatic heterocycles. The molecule has 0 unspecified atom stereocenters. The average molecular weight is 267 g/mol. The molecule has 2 aromatic carbocycles. The van der Waals surface area contributed by atoms with Crippen LogP contribution in [0.2, 0.25) is 0 Å². The lowest BCUT2D eigenvalue weighted by atomic mass is 10.1. The van der Waals surface area contributed by atoms with Crippen LogP contribution in [0, 0.1) is 0 Å². The second-order valence-electron chi connectivity index (χ2n) is 4.78. The summed E-state index contributed by atoms with van der Waals surface area (Å²) in [5.41, 5.74) is 0.993. The molecule has 0 spiro atoms. The van der Waals surface area contributed by atoms with Crippen LogP contribution in [-0.2, 0) is 6.42 Å². The van der Waals surface area contributed by atoms with Crippen molar-refractivity contribution in [3.8, 4) is 11.4 Å². The quantitative estimate of drug-likeness (QED) is 0.722. The van der Waals surface area contributed by atoms with E-state index in [2.05, 4.69) is 39.7 Å². The summed E-state index contributed by atoms with van der Waals surface area (Å²) >= 11 is 0. The molecular weight excluding hydrogens is 250 g/mol. The molecule has 102 valence electrons. The summed E-state index contributed by atoms with van der Waals surface area (Å²) in [5.74, 6) is 1.36. The molecule has 1 aromatic heterocycles. The van der Waals surface area contributed by atoms with E-state index in [1.165, 1.54) is 10.8 Å². The van der Waals surface area contributed by atoms with Gasteiger partial charge in [0.2, 0.25) is 11.7 Å². The smallest absolute Gasteiger partial charge is 0.227 e. The SMILES string of the molecule is CNCCCc1nc(-c2ccc3ccccc3c2)no1. The maximum Gasteiger partial charge on any atom is 0.227 e. The van der Waals surface area contributed by atoms with Crippen molar-refractivity contribution in [1.29, 1.82) is 0 Å². The molecule has 4 nitrogen and oxygen atoms in total. The number of hydrogen-bond acceptors (Lipinski definition) is 4. The number of hydrogen-bond donors (Lipinski definition) is 1. The number of aryl methyl sites for hydroxylation is 1. The van der Waals surface area contributed by atoms with Gasteiger partial charge in [0.25, 0.3) is 0 Å². The number of fused-ring (bicyclic) bond motifs is 1. The monoisotopic (exact) mass is 267 g/mol. The van der Waals surface area contributed by atoms with Gasteiger partial charge in [0, 0.05) is 12.0 Å². The summed E-state index contributed by atoms with van der Waals surface area (Å²) in [6.07, 6.45) is 1.80. The van der Waals surface area contributed by atoms with Crippen molar-refractivity contribution < 1.29 is 4.52 Å². The van der Waals surface area contributed by atoms with E-state index in [1.807, 2.05) is 25.2 Å². The predicted molar refractivity (Wildman–Crippen MR) is 79.5 cm³/mol. The summed E-state index contributed by atoms with van der Waals surface area (Å²) in [6, 6.07) is 14.5. The molecular formula is C16H17N3O. The normalized spacial score (nSPS) is 11.1. The lowest BCUT2D eigenvalue weighted by Crippen LogP contribution is -2.08. The Labute approximate surface area is 117 Å². The molecule has 0 bridgehead atoms. The first-order valence-corrected chi connectivity index (χ1v) is 6.83. The minimum atomic E-state index is 0.662. The van der Waals surface area contributed by atoms with Crippen LogP contribution < -0.4 is 5.32 Å². The van der Waals surface area contributed by atoms with E-state index in [-0.39, 0.29) is 0 Å². The van der Waals surface area contributed by atoms with Gasteiger partial charge in [-0.25, -0.2) is 0 Å². The molecule has 0 amide bonds. The van der Waals surface area contributed by atoms with Crippen LogP contribution in [-0.4, -0.2) is 23.7 Å². The molecule has 3 rings (SSSR count). The van der Waals surface area contributed by atoms with Crippen LogP contribution in [0.1, 0.15) is 12.3 Å². The first kappa shape index (κ1) is 12.8. The highest BCUT2D eigenvalue weighted by molar-refractivity contribution is 5.86. The van der Waals surface area contributed by atoms with E-state index < -0.39 is 0 Å². The van der Waals surface area contributed by atoms with Crippen LogP contribution in [0.15, 0.2) is 47.0 Å². The summed E-state index contributed by atoms with van der Waals surface area (Å²) in [7, 11) is 1.94. The summed E-state index contributed by atoms with van der Waals surface area (Å²) in [4.78, 5) is 4.45. The Morgan fingerprint density at radius 2 is 1.95 bits per heavy atom. The molecule has 0 aliphatic rings. The van der Waals surface area contributed by atoms with E-state index in [0.29, 0.717) is 11.7 Å². The molecule has 1 heterocycles. The number of benzene rings is 2. The van der Waals surface area contributed by atoms with Crippen LogP contribution in [0.5, 0.6) is 0 Å². The van der Waals surface area contributed by atoms with E-state index in [4.69, 9.17) is 4.52 Å². The molecule has 3 aromatic rings. The number of rotatable bonds is 5. The van der Waals surface area contributed by atoms with E-state index in [0.717, 1.165) is 24.9 Å². The lowest BCUT2D eigenvalue weighted by molar-refractivity contribution is 0.375. The zero-order valence-corrected chi connectivity index (χ0v) is 11.5. The van der Waals surface area contributed by atoms with E-state index >= 15 is 0 Å². The molecule has 0 aliphatic carbocycles. The van der Waals surface area contributed by atoms with Gasteiger partial charge in [0.05, 0.1) is 0 Å². The zero-order chi connectivity index (χ0) is 13.8. The Hall–Kier alpha value is -2.20. The van der Waals surface area contributed by atoms with Crippen LogP contribution in [0.3, 0.4) is 0 Å². The van der Waals surface area contributed by atoms with Gasteiger partial charge in [-0.1, -0.05) is 41.6 Å². The summed E-state index contributed by atoms with van der Waals surface area (Å²) in [6.45, 7) is 0.952. The van der Waals surface area contributed by atoms with Crippen molar-refractivity contribution in [2.75, 3.05) is 13.6 Å². The Balaban J connectivity index is 1.83. The number of nitrogens with zero attached hydrogens (tertiary/aromatic N) is 2. The molecule has 20 heavy (non-hydrogen) atoms. The maximum atomic E-state index is 5.29.